The highest BCUT2D eigenvalue weighted by molar-refractivity contribution is 7.99. The molecule has 3 heterocycles. The van der Waals surface area contributed by atoms with Gasteiger partial charge in [0.15, 0.2) is 5.16 Å². The molecule has 1 aliphatic heterocycles. The minimum Gasteiger partial charge on any atom is -0.311 e. The molecular weight excluding hydrogens is 378 g/mol. The maximum atomic E-state index is 12.9. The van der Waals surface area contributed by atoms with Gasteiger partial charge in [-0.25, -0.2) is 4.98 Å². The minimum atomic E-state index is 0.0147. The van der Waals surface area contributed by atoms with E-state index in [4.69, 9.17) is 4.98 Å². The van der Waals surface area contributed by atoms with Gasteiger partial charge in [0.25, 0.3) is 5.56 Å². The van der Waals surface area contributed by atoms with Crippen LogP contribution >= 0.6 is 23.1 Å². The van der Waals surface area contributed by atoms with Gasteiger partial charge in [0.2, 0.25) is 5.91 Å². The fraction of sp³-hybridized carbons (Fsp3) is 0.350. The first-order valence-corrected chi connectivity index (χ1v) is 11.0. The number of aromatic nitrogens is 2. The number of aryl methyl sites for hydroxylation is 2. The zero-order valence-corrected chi connectivity index (χ0v) is 16.7. The van der Waals surface area contributed by atoms with E-state index in [-0.39, 0.29) is 17.2 Å². The van der Waals surface area contributed by atoms with Crippen LogP contribution in [0.1, 0.15) is 22.4 Å². The lowest BCUT2D eigenvalue weighted by Crippen LogP contribution is -2.31. The van der Waals surface area contributed by atoms with E-state index < -0.39 is 0 Å². The summed E-state index contributed by atoms with van der Waals surface area (Å²) in [7, 11) is 1.76. The Kier molecular flexibility index (Phi) is 4.09. The van der Waals surface area contributed by atoms with Crippen LogP contribution in [-0.4, -0.2) is 27.8 Å². The first-order valence-electron chi connectivity index (χ1n) is 9.16. The normalized spacial score (nSPS) is 15.4. The average Bonchev–Trinajstić information content (AvgIpc) is 3.36. The van der Waals surface area contributed by atoms with E-state index in [1.54, 1.807) is 23.0 Å². The Balaban J connectivity index is 1.40. The summed E-state index contributed by atoms with van der Waals surface area (Å²) in [5.41, 5.74) is 3.44. The highest BCUT2D eigenvalue weighted by Crippen LogP contribution is 2.35. The molecule has 1 aliphatic carbocycles. The van der Waals surface area contributed by atoms with Crippen LogP contribution in [0.3, 0.4) is 0 Å². The van der Waals surface area contributed by atoms with Gasteiger partial charge in [0.05, 0.1) is 11.1 Å². The molecule has 0 saturated carbocycles. The summed E-state index contributed by atoms with van der Waals surface area (Å²) in [5.74, 6) is 0.346. The topological polar surface area (TPSA) is 55.2 Å². The molecule has 1 amide bonds. The number of anilines is 1. The number of rotatable bonds is 3. The van der Waals surface area contributed by atoms with Gasteiger partial charge in [-0.15, -0.1) is 11.3 Å². The molecule has 0 bridgehead atoms. The second-order valence-electron chi connectivity index (χ2n) is 7.01. The highest BCUT2D eigenvalue weighted by atomic mass is 32.2. The fourth-order valence-corrected chi connectivity index (χ4v) is 6.19. The molecule has 0 spiro atoms. The summed E-state index contributed by atoms with van der Waals surface area (Å²) in [6.07, 6.45) is 4.05. The van der Waals surface area contributed by atoms with Gasteiger partial charge >= 0.3 is 0 Å². The van der Waals surface area contributed by atoms with Crippen LogP contribution in [0.4, 0.5) is 5.69 Å². The molecule has 0 fully saturated rings. The number of thioether (sulfide) groups is 1. The van der Waals surface area contributed by atoms with Crippen LogP contribution in [0.25, 0.3) is 10.2 Å². The first kappa shape index (κ1) is 17.0. The molecule has 7 heteroatoms. The third kappa shape index (κ3) is 2.72. The Bertz CT molecular complexity index is 1130. The van der Waals surface area contributed by atoms with Crippen molar-refractivity contribution in [3.8, 4) is 0 Å². The smallest absolute Gasteiger partial charge is 0.262 e. The lowest BCUT2D eigenvalue weighted by Gasteiger charge is -2.17. The Morgan fingerprint density at radius 3 is 3.00 bits per heavy atom. The predicted molar refractivity (Wildman–Crippen MR) is 110 cm³/mol. The summed E-state index contributed by atoms with van der Waals surface area (Å²) in [4.78, 5) is 34.3. The molecule has 1 aromatic carbocycles. The Labute approximate surface area is 165 Å². The van der Waals surface area contributed by atoms with Crippen LogP contribution in [0, 0.1) is 0 Å². The van der Waals surface area contributed by atoms with Crippen LogP contribution in [0.2, 0.25) is 0 Å². The number of hydrogen-bond donors (Lipinski definition) is 0. The Morgan fingerprint density at radius 2 is 2.11 bits per heavy atom. The number of fused-ring (bicyclic) bond motifs is 4. The molecule has 2 aliphatic rings. The number of nitrogens with zero attached hydrogens (tertiary/aromatic N) is 3. The standard InChI is InChI=1S/C20H19N3O2S2/c1-22-19(25)17-13-6-4-8-15(13)27-18(17)21-20(22)26-11-16(24)23-10-9-12-5-2-3-7-14(12)23/h2-3,5,7H,4,6,8-11H2,1H3. The van der Waals surface area contributed by atoms with Crippen molar-refractivity contribution in [2.75, 3.05) is 17.2 Å². The molecule has 0 N–H and O–H groups in total. The number of para-hydroxylation sites is 1. The summed E-state index contributed by atoms with van der Waals surface area (Å²) < 4.78 is 1.60. The SMILES string of the molecule is Cn1c(SCC(=O)N2CCc3ccccc32)nc2sc3c(c2c1=O)CCC3. The zero-order valence-electron chi connectivity index (χ0n) is 15.0. The van der Waals surface area contributed by atoms with Gasteiger partial charge in [-0.2, -0.15) is 0 Å². The Morgan fingerprint density at radius 1 is 1.26 bits per heavy atom. The highest BCUT2D eigenvalue weighted by Gasteiger charge is 2.26. The molecule has 3 aromatic rings. The second kappa shape index (κ2) is 6.49. The van der Waals surface area contributed by atoms with Crippen molar-refractivity contribution < 1.29 is 4.79 Å². The molecule has 0 atom stereocenters. The van der Waals surface area contributed by atoms with Crippen molar-refractivity contribution in [1.29, 1.82) is 0 Å². The number of carbonyl (C=O) groups is 1. The molecular formula is C20H19N3O2S2. The van der Waals surface area contributed by atoms with Crippen molar-refractivity contribution in [3.05, 3.63) is 50.6 Å². The third-order valence-corrected chi connectivity index (χ3v) is 7.62. The number of amides is 1. The second-order valence-corrected chi connectivity index (χ2v) is 9.03. The van der Waals surface area contributed by atoms with Crippen molar-refractivity contribution in [1.82, 2.24) is 9.55 Å². The van der Waals surface area contributed by atoms with Gasteiger partial charge < -0.3 is 4.90 Å². The molecule has 5 nitrogen and oxygen atoms in total. The maximum absolute atomic E-state index is 12.9. The molecule has 27 heavy (non-hydrogen) atoms. The number of hydrogen-bond acceptors (Lipinski definition) is 5. The zero-order chi connectivity index (χ0) is 18.5. The van der Waals surface area contributed by atoms with Gasteiger partial charge in [-0.3, -0.25) is 14.2 Å². The van der Waals surface area contributed by atoms with Crippen LogP contribution in [-0.2, 0) is 31.1 Å². The molecule has 0 saturated heterocycles. The van der Waals surface area contributed by atoms with Crippen LogP contribution < -0.4 is 10.5 Å². The lowest BCUT2D eigenvalue weighted by molar-refractivity contribution is -0.116. The average molecular weight is 398 g/mol. The lowest BCUT2D eigenvalue weighted by atomic mass is 10.2. The molecule has 138 valence electrons. The van der Waals surface area contributed by atoms with E-state index >= 15 is 0 Å². The number of carbonyl (C=O) groups excluding carboxylic acids is 1. The van der Waals surface area contributed by atoms with Gasteiger partial charge in [-0.1, -0.05) is 30.0 Å². The molecule has 5 rings (SSSR count). The number of benzene rings is 1. The summed E-state index contributed by atoms with van der Waals surface area (Å²) in [6.45, 7) is 0.724. The van der Waals surface area contributed by atoms with Crippen molar-refractivity contribution in [3.63, 3.8) is 0 Å². The van der Waals surface area contributed by atoms with Gasteiger partial charge in [-0.05, 0) is 42.9 Å². The summed E-state index contributed by atoms with van der Waals surface area (Å²) in [5, 5.41) is 1.41. The van der Waals surface area contributed by atoms with Crippen LogP contribution in [0.15, 0.2) is 34.2 Å². The maximum Gasteiger partial charge on any atom is 0.262 e. The predicted octanol–water partition coefficient (Wildman–Crippen LogP) is 3.17. The van der Waals surface area contributed by atoms with Crippen LogP contribution in [0.5, 0.6) is 0 Å². The van der Waals surface area contributed by atoms with E-state index in [1.807, 2.05) is 23.1 Å². The van der Waals surface area contributed by atoms with E-state index in [1.165, 1.54) is 27.8 Å². The third-order valence-electron chi connectivity index (χ3n) is 5.42. The quantitative estimate of drug-likeness (QED) is 0.503. The monoisotopic (exact) mass is 397 g/mol. The van der Waals surface area contributed by atoms with Crippen molar-refractivity contribution in [2.24, 2.45) is 7.05 Å². The summed E-state index contributed by atoms with van der Waals surface area (Å²) in [6, 6.07) is 8.05. The van der Waals surface area contributed by atoms with E-state index in [0.29, 0.717) is 5.16 Å². The number of thiophene rings is 1. The minimum absolute atomic E-state index is 0.0147. The molecule has 2 aromatic heterocycles. The largest absolute Gasteiger partial charge is 0.311 e. The van der Waals surface area contributed by atoms with Crippen molar-refractivity contribution >= 4 is 44.9 Å². The van der Waals surface area contributed by atoms with E-state index in [0.717, 1.165) is 48.1 Å². The Hall–Kier alpha value is -2.12. The van der Waals surface area contributed by atoms with E-state index in [9.17, 15) is 9.59 Å². The van der Waals surface area contributed by atoms with Gasteiger partial charge in [0.1, 0.15) is 4.83 Å². The summed E-state index contributed by atoms with van der Waals surface area (Å²) >= 11 is 2.99. The van der Waals surface area contributed by atoms with E-state index in [2.05, 4.69) is 6.07 Å². The molecule has 0 radical (unpaired) electrons. The fourth-order valence-electron chi connectivity index (χ4n) is 4.04. The molecule has 0 unspecified atom stereocenters. The van der Waals surface area contributed by atoms with Crippen molar-refractivity contribution in [2.45, 2.75) is 30.8 Å². The first-order chi connectivity index (χ1) is 13.1. The van der Waals surface area contributed by atoms with Gasteiger partial charge in [0, 0.05) is 24.2 Å².